The van der Waals surface area contributed by atoms with Crippen LogP contribution in [0.25, 0.3) is 106 Å². The smallest absolute Gasteiger partial charge is 0.252 e. The van der Waals surface area contributed by atoms with Crippen molar-refractivity contribution in [2.75, 3.05) is 9.80 Å². The van der Waals surface area contributed by atoms with Crippen molar-refractivity contribution in [1.82, 2.24) is 24.5 Å². The summed E-state index contributed by atoms with van der Waals surface area (Å²) in [5.41, 5.74) is 27.5. The summed E-state index contributed by atoms with van der Waals surface area (Å²) in [4.78, 5) is 26.9. The third-order valence-corrected chi connectivity index (χ3v) is 19.3. The Morgan fingerprint density at radius 1 is 0.292 bits per heavy atom. The molecule has 0 saturated heterocycles. The second kappa shape index (κ2) is 23.1. The molecule has 0 radical (unpaired) electrons. The molecule has 0 N–H and O–H groups in total. The highest BCUT2D eigenvalue weighted by Gasteiger charge is 2.44. The minimum atomic E-state index is -0.0680. The molecular formula is C88H68BN7. The largest absolute Gasteiger partial charge is 0.311 e. The molecule has 17 rings (SSSR count). The van der Waals surface area contributed by atoms with Crippen molar-refractivity contribution in [1.29, 1.82) is 0 Å². The minimum absolute atomic E-state index is 0.0203. The molecule has 458 valence electrons. The van der Waals surface area contributed by atoms with E-state index in [1.54, 1.807) is 0 Å². The molecule has 0 saturated carbocycles. The van der Waals surface area contributed by atoms with Gasteiger partial charge in [0.2, 0.25) is 0 Å². The van der Waals surface area contributed by atoms with Gasteiger partial charge in [0, 0.05) is 78.2 Å². The number of para-hydroxylation sites is 4. The van der Waals surface area contributed by atoms with Crippen LogP contribution in [0.3, 0.4) is 0 Å². The lowest BCUT2D eigenvalue weighted by Crippen LogP contribution is -2.61. The number of hydrogen-bond donors (Lipinski definition) is 0. The topological polar surface area (TPSA) is 63.0 Å². The average molecular weight is 1230 g/mol. The molecule has 2 aliphatic rings. The first kappa shape index (κ1) is 58.1. The summed E-state index contributed by atoms with van der Waals surface area (Å²) in [7, 11) is 0. The van der Waals surface area contributed by atoms with Crippen molar-refractivity contribution in [3.63, 3.8) is 0 Å². The van der Waals surface area contributed by atoms with Crippen LogP contribution in [0.5, 0.6) is 0 Å². The molecule has 0 bridgehead atoms. The maximum atomic E-state index is 5.77. The SMILES string of the molecule is CC(C)(C)c1ccc2c(c1)c1cc(C(C)(C)C)ccc1n2-c1ccc(-c2cc(-c3ccccc3)nc(-c3ccccc3)n2)cc1-c1cc(-c2ccccc2)nc(-c2ccc(-c3ccc4c5c3N(c3ccccc3)c3ccccc3B5c3ccccc3N4c3ccccc3)cc2)n1. The van der Waals surface area contributed by atoms with Gasteiger partial charge in [-0.15, -0.1) is 0 Å². The van der Waals surface area contributed by atoms with Crippen molar-refractivity contribution in [3.8, 4) is 84.6 Å². The number of nitrogens with zero attached hydrogens (tertiary/aromatic N) is 7. The highest BCUT2D eigenvalue weighted by molar-refractivity contribution is 7.00. The van der Waals surface area contributed by atoms with Crippen molar-refractivity contribution in [2.24, 2.45) is 0 Å². The quantitative estimate of drug-likeness (QED) is 0.127. The second-order valence-electron chi connectivity index (χ2n) is 27.4. The standard InChI is InChI=1S/C88H68BN7/c1-87(2,3)63-45-49-77-68(53-63)69-54-64(88(4,5)6)46-50-78(69)96(77)79-48-44-62(75-55-73(58-26-12-7-13-27-58)90-85(92-75)60-30-16-9-17-31-60)52-70(79)76-56-74(59-28-14-8-15-29-59)91-86(93-76)61-42-40-57(41-43-61)67-47-51-82-83-84(67)95(66-34-20-11-21-35-66)81-39-25-23-37-72(81)89(83)71-36-22-24-38-80(71)94(82)65-32-18-10-19-33-65/h7-56H,1-6H3. The maximum Gasteiger partial charge on any atom is 0.252 e. The van der Waals surface area contributed by atoms with E-state index in [-0.39, 0.29) is 17.5 Å². The van der Waals surface area contributed by atoms with Crippen LogP contribution in [0.4, 0.5) is 34.1 Å². The van der Waals surface area contributed by atoms with E-state index in [1.807, 2.05) is 24.3 Å². The van der Waals surface area contributed by atoms with Gasteiger partial charge in [0.1, 0.15) is 0 Å². The Morgan fingerprint density at radius 3 is 1.23 bits per heavy atom. The lowest BCUT2D eigenvalue weighted by molar-refractivity contribution is 0.590. The Kier molecular flexibility index (Phi) is 14.0. The van der Waals surface area contributed by atoms with Gasteiger partial charge in [0.15, 0.2) is 11.6 Å². The Morgan fingerprint density at radius 2 is 0.698 bits per heavy atom. The number of rotatable bonds is 10. The summed E-state index contributed by atoms with van der Waals surface area (Å²) in [6, 6.07) is 110. The highest BCUT2D eigenvalue weighted by atomic mass is 15.2. The van der Waals surface area contributed by atoms with E-state index in [2.05, 4.69) is 335 Å². The Labute approximate surface area is 561 Å². The molecule has 12 aromatic carbocycles. The van der Waals surface area contributed by atoms with Crippen LogP contribution in [-0.2, 0) is 10.8 Å². The first-order valence-corrected chi connectivity index (χ1v) is 33.2. The predicted molar refractivity (Wildman–Crippen MR) is 401 cm³/mol. The molecule has 5 heterocycles. The van der Waals surface area contributed by atoms with Crippen molar-refractivity contribution in [2.45, 2.75) is 52.4 Å². The lowest BCUT2D eigenvalue weighted by Gasteiger charge is -2.45. The molecule has 96 heavy (non-hydrogen) atoms. The van der Waals surface area contributed by atoms with Crippen LogP contribution in [0.2, 0.25) is 0 Å². The molecule has 0 aliphatic carbocycles. The number of aromatic nitrogens is 5. The van der Waals surface area contributed by atoms with Crippen LogP contribution in [0.15, 0.2) is 303 Å². The van der Waals surface area contributed by atoms with E-state index < -0.39 is 0 Å². The molecule has 0 atom stereocenters. The van der Waals surface area contributed by atoms with Crippen molar-refractivity contribution >= 4 is 79.0 Å². The van der Waals surface area contributed by atoms with E-state index in [9.17, 15) is 0 Å². The van der Waals surface area contributed by atoms with Gasteiger partial charge in [-0.2, -0.15) is 0 Å². The first-order valence-electron chi connectivity index (χ1n) is 33.2. The van der Waals surface area contributed by atoms with Crippen LogP contribution in [0, 0.1) is 0 Å². The normalized spacial score (nSPS) is 12.6. The predicted octanol–water partition coefficient (Wildman–Crippen LogP) is 20.7. The van der Waals surface area contributed by atoms with E-state index in [4.69, 9.17) is 19.9 Å². The Hall–Kier alpha value is -11.7. The zero-order valence-electron chi connectivity index (χ0n) is 54.6. The van der Waals surface area contributed by atoms with Crippen LogP contribution < -0.4 is 26.2 Å². The van der Waals surface area contributed by atoms with Gasteiger partial charge < -0.3 is 14.4 Å². The van der Waals surface area contributed by atoms with Crippen LogP contribution in [-0.4, -0.2) is 31.2 Å². The minimum Gasteiger partial charge on any atom is -0.311 e. The van der Waals surface area contributed by atoms with Crippen molar-refractivity contribution in [3.05, 3.63) is 314 Å². The fourth-order valence-electron chi connectivity index (χ4n) is 14.5. The molecule has 0 amide bonds. The Balaban J connectivity index is 0.884. The van der Waals surface area contributed by atoms with Gasteiger partial charge in [-0.3, -0.25) is 0 Å². The van der Waals surface area contributed by atoms with Crippen LogP contribution >= 0.6 is 0 Å². The molecular weight excluding hydrogens is 1170 g/mol. The third-order valence-electron chi connectivity index (χ3n) is 19.3. The number of fused-ring (bicyclic) bond motifs is 7. The monoisotopic (exact) mass is 1230 g/mol. The van der Waals surface area contributed by atoms with E-state index in [0.29, 0.717) is 11.6 Å². The third kappa shape index (κ3) is 10.1. The van der Waals surface area contributed by atoms with E-state index >= 15 is 0 Å². The fourth-order valence-corrected chi connectivity index (χ4v) is 14.5. The summed E-state index contributed by atoms with van der Waals surface area (Å²) < 4.78 is 2.45. The highest BCUT2D eigenvalue weighted by Crippen LogP contribution is 2.49. The molecule has 0 spiro atoms. The van der Waals surface area contributed by atoms with Gasteiger partial charge in [0.25, 0.3) is 6.71 Å². The molecule has 15 aromatic rings. The first-order chi connectivity index (χ1) is 46.9. The van der Waals surface area contributed by atoms with Crippen molar-refractivity contribution < 1.29 is 0 Å². The molecule has 2 aliphatic heterocycles. The zero-order valence-corrected chi connectivity index (χ0v) is 54.6. The molecule has 8 heteroatoms. The van der Waals surface area contributed by atoms with Gasteiger partial charge in [-0.25, -0.2) is 19.9 Å². The summed E-state index contributed by atoms with van der Waals surface area (Å²) in [5.74, 6) is 1.27. The van der Waals surface area contributed by atoms with Gasteiger partial charge in [-0.1, -0.05) is 254 Å². The summed E-state index contributed by atoms with van der Waals surface area (Å²) >= 11 is 0. The summed E-state index contributed by atoms with van der Waals surface area (Å²) in [6.07, 6.45) is 0. The number of anilines is 6. The molecule has 0 fully saturated rings. The average Bonchev–Trinajstić information content (AvgIpc) is 1.80. The second-order valence-corrected chi connectivity index (χ2v) is 27.4. The molecule has 3 aromatic heterocycles. The zero-order chi connectivity index (χ0) is 64.8. The van der Waals surface area contributed by atoms with Gasteiger partial charge in [0.05, 0.1) is 45.2 Å². The van der Waals surface area contributed by atoms with E-state index in [0.717, 1.165) is 107 Å². The Bertz CT molecular complexity index is 5350. The lowest BCUT2D eigenvalue weighted by atomic mass is 9.33. The van der Waals surface area contributed by atoms with E-state index in [1.165, 1.54) is 49.7 Å². The van der Waals surface area contributed by atoms with Gasteiger partial charge in [-0.05, 0) is 135 Å². The molecule has 7 nitrogen and oxygen atoms in total. The molecule has 0 unspecified atom stereocenters. The number of hydrogen-bond acceptors (Lipinski definition) is 6. The van der Waals surface area contributed by atoms with Gasteiger partial charge >= 0.3 is 0 Å². The maximum absolute atomic E-state index is 5.77. The fraction of sp³-hybridized carbons (Fsp3) is 0.0909. The van der Waals surface area contributed by atoms with Crippen LogP contribution in [0.1, 0.15) is 52.7 Å². The summed E-state index contributed by atoms with van der Waals surface area (Å²) in [5, 5.41) is 2.42. The summed E-state index contributed by atoms with van der Waals surface area (Å²) in [6.45, 7) is 13.8. The number of benzene rings is 12.